The second-order valence-corrected chi connectivity index (χ2v) is 4.67. The highest BCUT2D eigenvalue weighted by Crippen LogP contribution is 2.13. The van der Waals surface area contributed by atoms with Crippen LogP contribution in [0, 0.1) is 0 Å². The first-order chi connectivity index (χ1) is 10.1. The van der Waals surface area contributed by atoms with Gasteiger partial charge in [0.15, 0.2) is 0 Å². The molecule has 4 N–H and O–H groups in total. The van der Waals surface area contributed by atoms with E-state index in [1.165, 1.54) is 0 Å². The van der Waals surface area contributed by atoms with Crippen molar-refractivity contribution in [2.75, 3.05) is 5.32 Å². The maximum absolute atomic E-state index is 11.3. The van der Waals surface area contributed by atoms with Crippen molar-refractivity contribution in [2.45, 2.75) is 12.5 Å². The van der Waals surface area contributed by atoms with E-state index < -0.39 is 17.9 Å². The summed E-state index contributed by atoms with van der Waals surface area (Å²) in [6.45, 7) is 0. The highest BCUT2D eigenvalue weighted by molar-refractivity contribution is 5.93. The van der Waals surface area contributed by atoms with Gasteiger partial charge >= 0.3 is 5.97 Å². The minimum atomic E-state index is -0.933. The van der Waals surface area contributed by atoms with Crippen LogP contribution in [0.5, 0.6) is 0 Å². The summed E-state index contributed by atoms with van der Waals surface area (Å²) in [6, 6.07) is 15.1. The maximum Gasteiger partial charge on any atom is 0.326 e. The van der Waals surface area contributed by atoms with Gasteiger partial charge in [0, 0.05) is 17.7 Å². The Labute approximate surface area is 122 Å². The van der Waals surface area contributed by atoms with Crippen molar-refractivity contribution in [3.63, 3.8) is 0 Å². The summed E-state index contributed by atoms with van der Waals surface area (Å²) in [5.74, 6) is -1.45. The molecule has 2 aromatic carbocycles. The Hall–Kier alpha value is -2.82. The van der Waals surface area contributed by atoms with Crippen molar-refractivity contribution in [1.29, 1.82) is 0 Å². The normalized spacial score (nSPS) is 11.6. The molecule has 0 spiro atoms. The molecule has 0 aromatic heterocycles. The van der Waals surface area contributed by atoms with Gasteiger partial charge in [-0.25, -0.2) is 4.79 Å². The lowest BCUT2D eigenvalue weighted by Crippen LogP contribution is -2.31. The topological polar surface area (TPSA) is 92.4 Å². The molecule has 108 valence electrons. The molecule has 0 aliphatic heterocycles. The van der Waals surface area contributed by atoms with Crippen LogP contribution in [-0.2, 0) is 11.2 Å². The lowest BCUT2D eigenvalue weighted by atomic mass is 10.1. The van der Waals surface area contributed by atoms with E-state index in [4.69, 9.17) is 5.73 Å². The fourth-order valence-corrected chi connectivity index (χ4v) is 1.98. The molecule has 21 heavy (non-hydrogen) atoms. The Morgan fingerprint density at radius 2 is 1.67 bits per heavy atom. The summed E-state index contributed by atoms with van der Waals surface area (Å²) in [5.41, 5.74) is 7.11. The van der Waals surface area contributed by atoms with Crippen LogP contribution in [0.3, 0.4) is 0 Å². The summed E-state index contributed by atoms with van der Waals surface area (Å²) in [6.07, 6.45) is 0.369. The number of carboxylic acids is 1. The van der Waals surface area contributed by atoms with Crippen LogP contribution in [0.2, 0.25) is 0 Å². The van der Waals surface area contributed by atoms with Crippen LogP contribution < -0.4 is 11.1 Å². The fourth-order valence-electron chi connectivity index (χ4n) is 1.98. The molecule has 0 saturated heterocycles. The molecule has 2 aromatic rings. The highest BCUT2D eigenvalue weighted by atomic mass is 16.4. The lowest BCUT2D eigenvalue weighted by molar-refractivity contribution is -0.137. The number of carbonyl (C=O) groups is 2. The molecule has 0 fully saturated rings. The first-order valence-electron chi connectivity index (χ1n) is 6.49. The Morgan fingerprint density at radius 3 is 2.19 bits per heavy atom. The fraction of sp³-hybridized carbons (Fsp3) is 0.125. The minimum Gasteiger partial charge on any atom is -0.480 e. The SMILES string of the molecule is NC(=O)c1ccc(N[C@@H](Cc2ccccc2)C(=O)O)cc1. The predicted octanol–water partition coefficient (Wildman–Crippen LogP) is 1.89. The van der Waals surface area contributed by atoms with Crippen molar-refractivity contribution in [3.8, 4) is 0 Å². The number of carboxylic acid groups (broad SMARTS) is 1. The third-order valence-electron chi connectivity index (χ3n) is 3.09. The zero-order valence-electron chi connectivity index (χ0n) is 11.3. The van der Waals surface area contributed by atoms with Crippen LogP contribution in [0.15, 0.2) is 54.6 Å². The van der Waals surface area contributed by atoms with Gasteiger partial charge in [-0.15, -0.1) is 0 Å². The standard InChI is InChI=1S/C16H16N2O3/c17-15(19)12-6-8-13(9-7-12)18-14(16(20)21)10-11-4-2-1-3-5-11/h1-9,14,18H,10H2,(H2,17,19)(H,20,21)/t14-/m0/s1. The summed E-state index contributed by atoms with van der Waals surface area (Å²) < 4.78 is 0. The quantitative estimate of drug-likeness (QED) is 0.755. The second-order valence-electron chi connectivity index (χ2n) is 4.67. The Bertz CT molecular complexity index is 624. The van der Waals surface area contributed by atoms with E-state index >= 15 is 0 Å². The van der Waals surface area contributed by atoms with Gasteiger partial charge in [-0.2, -0.15) is 0 Å². The first-order valence-corrected chi connectivity index (χ1v) is 6.49. The number of hydrogen-bond donors (Lipinski definition) is 3. The molecular formula is C16H16N2O3. The largest absolute Gasteiger partial charge is 0.480 e. The molecule has 0 saturated carbocycles. The van der Waals surface area contributed by atoms with Crippen LogP contribution >= 0.6 is 0 Å². The minimum absolute atomic E-state index is 0.369. The zero-order chi connectivity index (χ0) is 15.2. The van der Waals surface area contributed by atoms with E-state index in [2.05, 4.69) is 5.32 Å². The van der Waals surface area contributed by atoms with Crippen molar-refractivity contribution >= 4 is 17.6 Å². The van der Waals surface area contributed by atoms with Gasteiger partial charge in [0.1, 0.15) is 6.04 Å². The number of anilines is 1. The molecular weight excluding hydrogens is 268 g/mol. The number of aliphatic carboxylic acids is 1. The average Bonchev–Trinajstić information content (AvgIpc) is 2.48. The summed E-state index contributed by atoms with van der Waals surface area (Å²) in [4.78, 5) is 22.3. The molecule has 0 heterocycles. The van der Waals surface area contributed by atoms with Gasteiger partial charge in [0.2, 0.25) is 5.91 Å². The molecule has 2 rings (SSSR count). The number of rotatable bonds is 6. The van der Waals surface area contributed by atoms with E-state index in [0.717, 1.165) is 5.56 Å². The first kappa shape index (κ1) is 14.6. The number of amides is 1. The third kappa shape index (κ3) is 4.07. The van der Waals surface area contributed by atoms with Gasteiger partial charge in [0.25, 0.3) is 0 Å². The molecule has 0 aliphatic rings. The van der Waals surface area contributed by atoms with Gasteiger partial charge in [-0.05, 0) is 29.8 Å². The third-order valence-corrected chi connectivity index (χ3v) is 3.09. The van der Waals surface area contributed by atoms with E-state index in [-0.39, 0.29) is 0 Å². The summed E-state index contributed by atoms with van der Waals surface area (Å²) in [7, 11) is 0. The average molecular weight is 284 g/mol. The number of primary amides is 1. The van der Waals surface area contributed by atoms with E-state index in [0.29, 0.717) is 17.7 Å². The van der Waals surface area contributed by atoms with Crippen LogP contribution in [-0.4, -0.2) is 23.0 Å². The summed E-state index contributed by atoms with van der Waals surface area (Å²) >= 11 is 0. The number of carbonyl (C=O) groups excluding carboxylic acids is 1. The lowest BCUT2D eigenvalue weighted by Gasteiger charge is -2.16. The van der Waals surface area contributed by atoms with E-state index in [9.17, 15) is 14.7 Å². The zero-order valence-corrected chi connectivity index (χ0v) is 11.3. The van der Waals surface area contributed by atoms with Crippen molar-refractivity contribution in [2.24, 2.45) is 5.73 Å². The Balaban J connectivity index is 2.09. The highest BCUT2D eigenvalue weighted by Gasteiger charge is 2.17. The van der Waals surface area contributed by atoms with Gasteiger partial charge in [-0.3, -0.25) is 4.79 Å². The Kier molecular flexibility index (Phi) is 4.56. The number of benzene rings is 2. The predicted molar refractivity (Wildman–Crippen MR) is 80.2 cm³/mol. The van der Waals surface area contributed by atoms with Crippen LogP contribution in [0.25, 0.3) is 0 Å². The van der Waals surface area contributed by atoms with Gasteiger partial charge in [-0.1, -0.05) is 30.3 Å². The number of nitrogens with one attached hydrogen (secondary N) is 1. The maximum atomic E-state index is 11.3. The molecule has 1 amide bonds. The number of hydrogen-bond acceptors (Lipinski definition) is 3. The van der Waals surface area contributed by atoms with Crippen LogP contribution in [0.4, 0.5) is 5.69 Å². The molecule has 0 bridgehead atoms. The Morgan fingerprint density at radius 1 is 1.05 bits per heavy atom. The smallest absolute Gasteiger partial charge is 0.326 e. The van der Waals surface area contributed by atoms with Gasteiger partial charge < -0.3 is 16.2 Å². The molecule has 0 radical (unpaired) electrons. The van der Waals surface area contributed by atoms with E-state index in [1.54, 1.807) is 24.3 Å². The van der Waals surface area contributed by atoms with Crippen molar-refractivity contribution in [1.82, 2.24) is 0 Å². The van der Waals surface area contributed by atoms with Crippen LogP contribution in [0.1, 0.15) is 15.9 Å². The number of nitrogens with two attached hydrogens (primary N) is 1. The van der Waals surface area contributed by atoms with Crippen molar-refractivity contribution in [3.05, 3.63) is 65.7 Å². The monoisotopic (exact) mass is 284 g/mol. The summed E-state index contributed by atoms with van der Waals surface area (Å²) in [5, 5.41) is 12.2. The molecule has 5 nitrogen and oxygen atoms in total. The van der Waals surface area contributed by atoms with Crippen molar-refractivity contribution < 1.29 is 14.7 Å². The molecule has 0 unspecified atom stereocenters. The molecule has 5 heteroatoms. The van der Waals surface area contributed by atoms with E-state index in [1.807, 2.05) is 30.3 Å². The second kappa shape index (κ2) is 6.56. The molecule has 0 aliphatic carbocycles. The van der Waals surface area contributed by atoms with Gasteiger partial charge in [0.05, 0.1) is 0 Å². The molecule has 1 atom stereocenters.